The molecule has 3 fully saturated rings. The highest BCUT2D eigenvalue weighted by atomic mass is 19.1. The second-order valence-corrected chi connectivity index (χ2v) is 12.2. The molecule has 4 aliphatic rings. The standard InChI is InChI=1S/C31H36F2N6O3/c1-2-22-23(33)5-4-18-12-21(40)13-25(26(18)22)39-16-24-27(29(39)41)28(37-10-6-20(34)7-11-37)36-30(35-24)42-17-31-8-3-9-38(31)15-19(32)14-31/h4-5,12-13,19-20,40H,2-3,6-11,14-17,34H2,1H3. The molecule has 0 bridgehead atoms. The van der Waals surface area contributed by atoms with Gasteiger partial charge in [-0.05, 0) is 61.7 Å². The number of amides is 1. The highest BCUT2D eigenvalue weighted by Gasteiger charge is 2.49. The van der Waals surface area contributed by atoms with E-state index in [1.807, 2.05) is 6.92 Å². The van der Waals surface area contributed by atoms with Crippen molar-refractivity contribution in [1.29, 1.82) is 0 Å². The summed E-state index contributed by atoms with van der Waals surface area (Å²) in [7, 11) is 0. The highest BCUT2D eigenvalue weighted by Crippen LogP contribution is 2.43. The van der Waals surface area contributed by atoms with E-state index >= 15 is 0 Å². The molecule has 2 unspecified atom stereocenters. The second-order valence-electron chi connectivity index (χ2n) is 12.2. The minimum absolute atomic E-state index is 0.0154. The summed E-state index contributed by atoms with van der Waals surface area (Å²) in [5, 5.41) is 11.8. The number of hydrogen-bond donors (Lipinski definition) is 2. The zero-order valence-corrected chi connectivity index (χ0v) is 23.8. The van der Waals surface area contributed by atoms with E-state index < -0.39 is 6.17 Å². The van der Waals surface area contributed by atoms with Gasteiger partial charge in [0.15, 0.2) is 0 Å². The monoisotopic (exact) mass is 578 g/mol. The van der Waals surface area contributed by atoms with Gasteiger partial charge in [0.25, 0.3) is 5.91 Å². The Morgan fingerprint density at radius 3 is 2.79 bits per heavy atom. The third-order valence-electron chi connectivity index (χ3n) is 9.56. The molecular weight excluding hydrogens is 542 g/mol. The first kappa shape index (κ1) is 27.3. The molecule has 3 aromatic rings. The molecule has 3 saturated heterocycles. The van der Waals surface area contributed by atoms with Gasteiger partial charge in [-0.3, -0.25) is 9.69 Å². The first-order valence-corrected chi connectivity index (χ1v) is 15.0. The van der Waals surface area contributed by atoms with Gasteiger partial charge in [-0.1, -0.05) is 13.0 Å². The number of aromatic hydroxyl groups is 1. The quantitative estimate of drug-likeness (QED) is 0.451. The Hall–Kier alpha value is -3.57. The summed E-state index contributed by atoms with van der Waals surface area (Å²) in [6, 6.07) is 6.35. The average molecular weight is 579 g/mol. The molecule has 222 valence electrons. The Morgan fingerprint density at radius 2 is 2.00 bits per heavy atom. The Labute approximate surface area is 243 Å². The van der Waals surface area contributed by atoms with Gasteiger partial charge in [0.1, 0.15) is 35.7 Å². The van der Waals surface area contributed by atoms with Gasteiger partial charge in [-0.25, -0.2) is 8.78 Å². The molecule has 2 atom stereocenters. The van der Waals surface area contributed by atoms with Crippen LogP contribution in [0.5, 0.6) is 11.8 Å². The number of ether oxygens (including phenoxy) is 1. The first-order chi connectivity index (χ1) is 20.3. The number of piperidine rings is 1. The predicted octanol–water partition coefficient (Wildman–Crippen LogP) is 4.08. The number of fused-ring (bicyclic) bond motifs is 3. The van der Waals surface area contributed by atoms with Crippen molar-refractivity contribution in [1.82, 2.24) is 14.9 Å². The summed E-state index contributed by atoms with van der Waals surface area (Å²) in [5.74, 6) is -0.185. The van der Waals surface area contributed by atoms with Gasteiger partial charge in [-0.15, -0.1) is 0 Å². The molecule has 1 aromatic heterocycles. The molecule has 11 heteroatoms. The number of rotatable bonds is 6. The van der Waals surface area contributed by atoms with Crippen LogP contribution in [-0.2, 0) is 13.0 Å². The molecule has 3 N–H and O–H groups in total. The maximum atomic E-state index is 14.9. The van der Waals surface area contributed by atoms with Crippen molar-refractivity contribution in [2.75, 3.05) is 42.6 Å². The van der Waals surface area contributed by atoms with E-state index in [1.165, 1.54) is 12.1 Å². The Bertz CT molecular complexity index is 1560. The van der Waals surface area contributed by atoms with Crippen LogP contribution >= 0.6 is 0 Å². The largest absolute Gasteiger partial charge is 0.508 e. The fourth-order valence-corrected chi connectivity index (χ4v) is 7.44. The average Bonchev–Trinajstić information content (AvgIpc) is 3.61. The Kier molecular flexibility index (Phi) is 6.69. The topological polar surface area (TPSA) is 108 Å². The summed E-state index contributed by atoms with van der Waals surface area (Å²) < 4.78 is 35.5. The Morgan fingerprint density at radius 1 is 1.19 bits per heavy atom. The number of phenolic OH excluding ortho intramolecular Hbond substituents is 1. The summed E-state index contributed by atoms with van der Waals surface area (Å²) in [6.07, 6.45) is 3.38. The maximum Gasteiger partial charge on any atom is 0.318 e. The number of carbonyl (C=O) groups is 1. The van der Waals surface area contributed by atoms with Gasteiger partial charge in [0, 0.05) is 43.5 Å². The van der Waals surface area contributed by atoms with Gasteiger partial charge in [0.05, 0.1) is 23.5 Å². The molecule has 7 rings (SSSR count). The van der Waals surface area contributed by atoms with Crippen molar-refractivity contribution >= 4 is 28.2 Å². The van der Waals surface area contributed by atoms with E-state index in [9.17, 15) is 18.7 Å². The number of nitrogens with zero attached hydrogens (tertiary/aromatic N) is 5. The van der Waals surface area contributed by atoms with Crippen LogP contribution in [0.15, 0.2) is 24.3 Å². The zero-order valence-electron chi connectivity index (χ0n) is 23.8. The number of benzene rings is 2. The molecule has 9 nitrogen and oxygen atoms in total. The van der Waals surface area contributed by atoms with Gasteiger partial charge in [0.2, 0.25) is 0 Å². The molecule has 1 amide bonds. The van der Waals surface area contributed by atoms with Crippen LogP contribution in [0.3, 0.4) is 0 Å². The number of aryl methyl sites for hydroxylation is 1. The van der Waals surface area contributed by atoms with E-state index in [0.29, 0.717) is 71.6 Å². The van der Waals surface area contributed by atoms with Crippen LogP contribution in [0.4, 0.5) is 20.3 Å². The van der Waals surface area contributed by atoms with Crippen molar-refractivity contribution in [3.8, 4) is 11.8 Å². The lowest BCUT2D eigenvalue weighted by atomic mass is 9.95. The molecule has 0 radical (unpaired) electrons. The number of nitrogens with two attached hydrogens (primary N) is 1. The van der Waals surface area contributed by atoms with Crippen molar-refractivity contribution < 1.29 is 23.4 Å². The third kappa shape index (κ3) is 4.44. The third-order valence-corrected chi connectivity index (χ3v) is 9.56. The number of alkyl halides is 1. The van der Waals surface area contributed by atoms with Crippen LogP contribution in [0, 0.1) is 5.82 Å². The highest BCUT2D eigenvalue weighted by molar-refractivity contribution is 6.16. The molecule has 5 heterocycles. The molecule has 0 saturated carbocycles. The molecule has 42 heavy (non-hydrogen) atoms. The SMILES string of the molecule is CCc1c(F)ccc2cc(O)cc(N3Cc4nc(OCC56CCCN5CC(F)C6)nc(N5CCC(N)CC5)c4C3=O)c12. The fourth-order valence-electron chi connectivity index (χ4n) is 7.44. The molecular formula is C31H36F2N6O3. The van der Waals surface area contributed by atoms with Crippen LogP contribution < -0.4 is 20.3 Å². The van der Waals surface area contributed by atoms with Gasteiger partial charge < -0.3 is 25.4 Å². The maximum absolute atomic E-state index is 14.9. The lowest BCUT2D eigenvalue weighted by Gasteiger charge is -2.33. The normalized spacial score (nSPS) is 24.6. The van der Waals surface area contributed by atoms with E-state index in [4.69, 9.17) is 20.4 Å². The summed E-state index contributed by atoms with van der Waals surface area (Å²) in [6.45, 7) is 4.83. The number of carbonyl (C=O) groups excluding carboxylic acids is 1. The van der Waals surface area contributed by atoms with Crippen LogP contribution in [0.25, 0.3) is 10.8 Å². The molecule has 0 aliphatic carbocycles. The van der Waals surface area contributed by atoms with Gasteiger partial charge >= 0.3 is 6.01 Å². The van der Waals surface area contributed by atoms with Crippen molar-refractivity contribution in [3.63, 3.8) is 0 Å². The lowest BCUT2D eigenvalue weighted by molar-refractivity contribution is 0.0996. The number of anilines is 2. The fraction of sp³-hybridized carbons (Fsp3) is 0.516. The number of halogens is 2. The second kappa shape index (κ2) is 10.3. The Balaban J connectivity index is 1.28. The predicted molar refractivity (Wildman–Crippen MR) is 155 cm³/mol. The molecule has 0 spiro atoms. The van der Waals surface area contributed by atoms with Gasteiger partial charge in [-0.2, -0.15) is 9.97 Å². The summed E-state index contributed by atoms with van der Waals surface area (Å²) in [5.41, 5.74) is 7.62. The van der Waals surface area contributed by atoms with E-state index in [2.05, 4.69) is 9.80 Å². The van der Waals surface area contributed by atoms with E-state index in [-0.39, 0.29) is 48.2 Å². The first-order valence-electron chi connectivity index (χ1n) is 15.0. The zero-order chi connectivity index (χ0) is 29.2. The summed E-state index contributed by atoms with van der Waals surface area (Å²) >= 11 is 0. The smallest absolute Gasteiger partial charge is 0.318 e. The van der Waals surface area contributed by atoms with Crippen LogP contribution in [-0.4, -0.2) is 76.4 Å². The van der Waals surface area contributed by atoms with Crippen LogP contribution in [0.1, 0.15) is 60.6 Å². The van der Waals surface area contributed by atoms with Crippen LogP contribution in [0.2, 0.25) is 0 Å². The number of aromatic nitrogens is 2. The lowest BCUT2D eigenvalue weighted by Crippen LogP contribution is -2.43. The van der Waals surface area contributed by atoms with Crippen molar-refractivity contribution in [2.45, 2.75) is 69.7 Å². The minimum Gasteiger partial charge on any atom is -0.508 e. The van der Waals surface area contributed by atoms with E-state index in [1.54, 1.807) is 17.0 Å². The molecule has 2 aromatic carbocycles. The summed E-state index contributed by atoms with van der Waals surface area (Å²) in [4.78, 5) is 29.4. The number of hydrogen-bond acceptors (Lipinski definition) is 8. The molecule has 4 aliphatic heterocycles. The number of phenols is 1. The van der Waals surface area contributed by atoms with Crippen molar-refractivity contribution in [3.05, 3.63) is 46.9 Å². The minimum atomic E-state index is -0.871. The van der Waals surface area contributed by atoms with E-state index in [0.717, 1.165) is 32.2 Å². The van der Waals surface area contributed by atoms with Crippen molar-refractivity contribution in [2.24, 2.45) is 5.73 Å².